The summed E-state index contributed by atoms with van der Waals surface area (Å²) in [5.74, 6) is 2.56. The van der Waals surface area contributed by atoms with Crippen molar-refractivity contribution in [2.45, 2.75) is 25.3 Å². The third kappa shape index (κ3) is 2.74. The van der Waals surface area contributed by atoms with Gasteiger partial charge in [-0.05, 0) is 12.8 Å². The van der Waals surface area contributed by atoms with E-state index in [2.05, 4.69) is 11.2 Å². The van der Waals surface area contributed by atoms with E-state index in [-0.39, 0.29) is 12.4 Å². The molecule has 0 heterocycles. The first kappa shape index (κ1) is 8.81. The lowest BCUT2D eigenvalue weighted by Gasteiger charge is -2.25. The fourth-order valence-corrected chi connectivity index (χ4v) is 0.816. The largest absolute Gasteiger partial charge is 0.303 e. The molecule has 2 heteroatoms. The third-order valence-corrected chi connectivity index (χ3v) is 1.60. The molecule has 52 valence electrons. The van der Waals surface area contributed by atoms with E-state index in [1.54, 1.807) is 0 Å². The van der Waals surface area contributed by atoms with Crippen LogP contribution in [0.25, 0.3) is 0 Å². The van der Waals surface area contributed by atoms with Crippen LogP contribution in [0.4, 0.5) is 0 Å². The summed E-state index contributed by atoms with van der Waals surface area (Å²) >= 11 is 0. The first-order valence-corrected chi connectivity index (χ1v) is 3.10. The normalized spacial score (nSPS) is 17.2. The van der Waals surface area contributed by atoms with Gasteiger partial charge in [0.05, 0.1) is 6.54 Å². The van der Waals surface area contributed by atoms with Crippen LogP contribution in [0.1, 0.15) is 19.3 Å². The molecule has 0 atom stereocenters. The van der Waals surface area contributed by atoms with Crippen LogP contribution in [0.5, 0.6) is 0 Å². The van der Waals surface area contributed by atoms with Crippen LogP contribution in [0, 0.1) is 12.3 Å². The minimum absolute atomic E-state index is 0. The second-order valence-electron chi connectivity index (χ2n) is 2.21. The molecular weight excluding hydrogens is 134 g/mol. The molecule has 1 saturated carbocycles. The molecule has 1 N–H and O–H groups in total. The SMILES string of the molecule is C#CCNC1CCC1.Cl. The van der Waals surface area contributed by atoms with Crippen LogP contribution < -0.4 is 5.32 Å². The van der Waals surface area contributed by atoms with Gasteiger partial charge in [-0.3, -0.25) is 0 Å². The van der Waals surface area contributed by atoms with Crippen molar-refractivity contribution in [2.75, 3.05) is 6.54 Å². The highest BCUT2D eigenvalue weighted by atomic mass is 35.5. The van der Waals surface area contributed by atoms with Gasteiger partial charge in [0.25, 0.3) is 0 Å². The summed E-state index contributed by atoms with van der Waals surface area (Å²) in [6.07, 6.45) is 9.06. The third-order valence-electron chi connectivity index (χ3n) is 1.60. The quantitative estimate of drug-likeness (QED) is 0.576. The van der Waals surface area contributed by atoms with Crippen molar-refractivity contribution in [3.8, 4) is 12.3 Å². The van der Waals surface area contributed by atoms with E-state index in [9.17, 15) is 0 Å². The molecule has 1 nitrogen and oxygen atoms in total. The molecular formula is C7H12ClN. The van der Waals surface area contributed by atoms with Crippen molar-refractivity contribution in [1.82, 2.24) is 5.32 Å². The summed E-state index contributed by atoms with van der Waals surface area (Å²) in [6.45, 7) is 0.741. The fourth-order valence-electron chi connectivity index (χ4n) is 0.816. The van der Waals surface area contributed by atoms with Crippen LogP contribution in [0.3, 0.4) is 0 Å². The summed E-state index contributed by atoms with van der Waals surface area (Å²) in [5, 5.41) is 3.23. The van der Waals surface area contributed by atoms with E-state index in [0.29, 0.717) is 0 Å². The van der Waals surface area contributed by atoms with Crippen molar-refractivity contribution in [1.29, 1.82) is 0 Å². The molecule has 9 heavy (non-hydrogen) atoms. The Balaban J connectivity index is 0.000000640. The number of hydrogen-bond donors (Lipinski definition) is 1. The van der Waals surface area contributed by atoms with Crippen LogP contribution in [-0.2, 0) is 0 Å². The average Bonchev–Trinajstić information content (AvgIpc) is 1.63. The van der Waals surface area contributed by atoms with E-state index in [1.165, 1.54) is 19.3 Å². The lowest BCUT2D eigenvalue weighted by atomic mass is 9.93. The monoisotopic (exact) mass is 145 g/mol. The van der Waals surface area contributed by atoms with Gasteiger partial charge in [-0.1, -0.05) is 12.3 Å². The molecule has 0 spiro atoms. The number of hydrogen-bond acceptors (Lipinski definition) is 1. The standard InChI is InChI=1S/C7H11N.ClH/c1-2-6-8-7-4-3-5-7;/h1,7-8H,3-6H2;1H. The van der Waals surface area contributed by atoms with E-state index < -0.39 is 0 Å². The van der Waals surface area contributed by atoms with Gasteiger partial charge in [0, 0.05) is 6.04 Å². The highest BCUT2D eigenvalue weighted by molar-refractivity contribution is 5.85. The van der Waals surface area contributed by atoms with E-state index >= 15 is 0 Å². The highest BCUT2D eigenvalue weighted by Crippen LogP contribution is 2.17. The molecule has 0 aromatic carbocycles. The summed E-state index contributed by atoms with van der Waals surface area (Å²) in [7, 11) is 0. The predicted octanol–water partition coefficient (Wildman–Crippen LogP) is 1.18. The Morgan fingerprint density at radius 1 is 1.56 bits per heavy atom. The predicted molar refractivity (Wildman–Crippen MR) is 41.7 cm³/mol. The molecule has 1 fully saturated rings. The zero-order valence-electron chi connectivity index (χ0n) is 5.39. The van der Waals surface area contributed by atoms with Gasteiger partial charge < -0.3 is 5.32 Å². The fraction of sp³-hybridized carbons (Fsp3) is 0.714. The molecule has 0 radical (unpaired) electrons. The first-order valence-electron chi connectivity index (χ1n) is 3.10. The molecule has 1 aliphatic carbocycles. The Morgan fingerprint density at radius 3 is 2.56 bits per heavy atom. The Hall–Kier alpha value is -0.190. The zero-order chi connectivity index (χ0) is 5.82. The Morgan fingerprint density at radius 2 is 2.22 bits per heavy atom. The van der Waals surface area contributed by atoms with Crippen molar-refractivity contribution < 1.29 is 0 Å². The van der Waals surface area contributed by atoms with Crippen molar-refractivity contribution in [3.63, 3.8) is 0 Å². The topological polar surface area (TPSA) is 12.0 Å². The van der Waals surface area contributed by atoms with Gasteiger partial charge in [0.2, 0.25) is 0 Å². The van der Waals surface area contributed by atoms with Crippen molar-refractivity contribution >= 4 is 12.4 Å². The second kappa shape index (κ2) is 4.67. The zero-order valence-corrected chi connectivity index (χ0v) is 6.21. The molecule has 0 bridgehead atoms. The van der Waals surface area contributed by atoms with E-state index in [4.69, 9.17) is 6.42 Å². The summed E-state index contributed by atoms with van der Waals surface area (Å²) in [5.41, 5.74) is 0. The lowest BCUT2D eigenvalue weighted by molar-refractivity contribution is 0.353. The molecule has 1 rings (SSSR count). The van der Waals surface area contributed by atoms with E-state index in [1.807, 2.05) is 0 Å². The van der Waals surface area contributed by atoms with Gasteiger partial charge in [0.1, 0.15) is 0 Å². The van der Waals surface area contributed by atoms with Gasteiger partial charge in [-0.25, -0.2) is 0 Å². The van der Waals surface area contributed by atoms with Crippen molar-refractivity contribution in [3.05, 3.63) is 0 Å². The average molecular weight is 146 g/mol. The van der Waals surface area contributed by atoms with Crippen LogP contribution >= 0.6 is 12.4 Å². The maximum Gasteiger partial charge on any atom is 0.0575 e. The molecule has 0 amide bonds. The van der Waals surface area contributed by atoms with E-state index in [0.717, 1.165) is 12.6 Å². The highest BCUT2D eigenvalue weighted by Gasteiger charge is 2.14. The Kier molecular flexibility index (Phi) is 4.57. The van der Waals surface area contributed by atoms with Gasteiger partial charge in [0.15, 0.2) is 0 Å². The summed E-state index contributed by atoms with van der Waals surface area (Å²) in [4.78, 5) is 0. The number of rotatable bonds is 2. The number of nitrogens with one attached hydrogen (secondary N) is 1. The molecule has 0 unspecified atom stereocenters. The molecule has 0 aromatic rings. The van der Waals surface area contributed by atoms with Crippen LogP contribution in [-0.4, -0.2) is 12.6 Å². The molecule has 0 aromatic heterocycles. The smallest absolute Gasteiger partial charge is 0.0575 e. The van der Waals surface area contributed by atoms with Gasteiger partial charge >= 0.3 is 0 Å². The number of terminal acetylenes is 1. The number of halogens is 1. The van der Waals surface area contributed by atoms with Crippen molar-refractivity contribution in [2.24, 2.45) is 0 Å². The molecule has 0 saturated heterocycles. The molecule has 1 aliphatic rings. The summed E-state index contributed by atoms with van der Waals surface area (Å²) in [6, 6.07) is 0.742. The lowest BCUT2D eigenvalue weighted by Crippen LogP contribution is -2.35. The first-order chi connectivity index (χ1) is 3.93. The molecule has 0 aliphatic heterocycles. The summed E-state index contributed by atoms with van der Waals surface area (Å²) < 4.78 is 0. The maximum absolute atomic E-state index is 5.04. The Labute approximate surface area is 62.6 Å². The van der Waals surface area contributed by atoms with Crippen LogP contribution in [0.15, 0.2) is 0 Å². The second-order valence-corrected chi connectivity index (χ2v) is 2.21. The maximum atomic E-state index is 5.04. The van der Waals surface area contributed by atoms with Gasteiger partial charge in [-0.2, -0.15) is 0 Å². The van der Waals surface area contributed by atoms with Gasteiger partial charge in [-0.15, -0.1) is 18.8 Å². The van der Waals surface area contributed by atoms with Crippen LogP contribution in [0.2, 0.25) is 0 Å². The Bertz CT molecular complexity index is 102. The minimum Gasteiger partial charge on any atom is -0.303 e. The minimum atomic E-state index is 0.